The number of carbonyl (C=O) groups is 2. The molecule has 1 fully saturated rings. The Morgan fingerprint density at radius 1 is 1.26 bits per heavy atom. The Balaban J connectivity index is 1.77. The molecule has 2 N–H and O–H groups in total. The fourth-order valence-electron chi connectivity index (χ4n) is 3.32. The van der Waals surface area contributed by atoms with Gasteiger partial charge in [0.15, 0.2) is 0 Å². The minimum atomic E-state index is -0.488. The van der Waals surface area contributed by atoms with Crippen molar-refractivity contribution in [2.75, 3.05) is 13.1 Å². The van der Waals surface area contributed by atoms with Gasteiger partial charge in [-0.25, -0.2) is 9.78 Å². The average molecular weight is 319 g/mol. The number of hydrogen-bond acceptors (Lipinski definition) is 4. The minimum Gasteiger partial charge on any atom is -0.351 e. The number of aryl methyl sites for hydroxylation is 1. The number of primary amides is 1. The maximum Gasteiger partial charge on any atom is 0.314 e. The highest BCUT2D eigenvalue weighted by Crippen LogP contribution is 2.24. The van der Waals surface area contributed by atoms with Crippen molar-refractivity contribution in [3.05, 3.63) is 27.4 Å². The number of likely N-dealkylation sites (tertiary alicyclic amines) is 1. The Morgan fingerprint density at radius 3 is 2.70 bits per heavy atom. The van der Waals surface area contributed by atoms with Crippen molar-refractivity contribution in [3.63, 3.8) is 0 Å². The summed E-state index contributed by atoms with van der Waals surface area (Å²) < 4.78 is 1.50. The maximum absolute atomic E-state index is 12.7. The molecule has 2 aliphatic heterocycles. The molecule has 0 radical (unpaired) electrons. The van der Waals surface area contributed by atoms with Gasteiger partial charge in [0, 0.05) is 20.1 Å². The van der Waals surface area contributed by atoms with Crippen LogP contribution in [0.15, 0.2) is 4.79 Å². The van der Waals surface area contributed by atoms with Crippen molar-refractivity contribution in [1.29, 1.82) is 0 Å². The third kappa shape index (κ3) is 2.69. The smallest absolute Gasteiger partial charge is 0.314 e. The van der Waals surface area contributed by atoms with E-state index < -0.39 is 6.03 Å². The number of urea groups is 1. The summed E-state index contributed by atoms with van der Waals surface area (Å²) in [5, 5.41) is 0. The molecule has 1 saturated heterocycles. The lowest BCUT2D eigenvalue weighted by molar-refractivity contribution is -0.137. The van der Waals surface area contributed by atoms with Crippen LogP contribution < -0.4 is 11.3 Å². The fraction of sp³-hybridized carbons (Fsp3) is 0.600. The topological polar surface area (TPSA) is 102 Å². The summed E-state index contributed by atoms with van der Waals surface area (Å²) in [6.07, 6.45) is 1.50. The molecule has 23 heavy (non-hydrogen) atoms. The van der Waals surface area contributed by atoms with Crippen LogP contribution >= 0.6 is 0 Å². The van der Waals surface area contributed by atoms with Gasteiger partial charge in [-0.15, -0.1) is 0 Å². The summed E-state index contributed by atoms with van der Waals surface area (Å²) in [5.41, 5.74) is 6.49. The van der Waals surface area contributed by atoms with Gasteiger partial charge in [-0.2, -0.15) is 0 Å². The van der Waals surface area contributed by atoms with E-state index >= 15 is 0 Å². The Morgan fingerprint density at radius 2 is 2.00 bits per heavy atom. The summed E-state index contributed by atoms with van der Waals surface area (Å²) in [6.45, 7) is 3.38. The second-order valence-corrected chi connectivity index (χ2v) is 6.27. The standard InChI is InChI=1S/C15H21N5O3/c1-9-17-12-8-20(7-11(12)14(22)18(9)2)13(21)10-4-3-5-19(6-10)15(16)23/h10H,3-8H2,1-2H3,(H2,16,23)/t10-/m1/s1. The molecule has 3 rings (SSSR count). The molecule has 8 nitrogen and oxygen atoms in total. The van der Waals surface area contributed by atoms with Crippen LogP contribution in [-0.4, -0.2) is 44.4 Å². The van der Waals surface area contributed by atoms with Gasteiger partial charge in [0.25, 0.3) is 5.56 Å². The molecule has 0 aliphatic carbocycles. The van der Waals surface area contributed by atoms with E-state index in [2.05, 4.69) is 4.98 Å². The van der Waals surface area contributed by atoms with E-state index in [1.54, 1.807) is 18.9 Å². The maximum atomic E-state index is 12.7. The third-order valence-corrected chi connectivity index (χ3v) is 4.78. The first kappa shape index (κ1) is 15.5. The van der Waals surface area contributed by atoms with Crippen molar-refractivity contribution in [1.82, 2.24) is 19.4 Å². The lowest BCUT2D eigenvalue weighted by Crippen LogP contribution is -2.47. The number of piperidine rings is 1. The zero-order valence-electron chi connectivity index (χ0n) is 13.4. The number of nitrogens with two attached hydrogens (primary N) is 1. The molecule has 124 valence electrons. The molecule has 1 aromatic heterocycles. The number of carbonyl (C=O) groups excluding carboxylic acids is 2. The van der Waals surface area contributed by atoms with E-state index in [0.717, 1.165) is 12.8 Å². The molecule has 3 amide bonds. The summed E-state index contributed by atoms with van der Waals surface area (Å²) in [4.78, 5) is 43.9. The van der Waals surface area contributed by atoms with Crippen LogP contribution in [0.25, 0.3) is 0 Å². The molecule has 0 bridgehead atoms. The number of nitrogens with zero attached hydrogens (tertiary/aromatic N) is 4. The highest BCUT2D eigenvalue weighted by molar-refractivity contribution is 5.81. The summed E-state index contributed by atoms with van der Waals surface area (Å²) in [7, 11) is 1.68. The molecule has 0 spiro atoms. The van der Waals surface area contributed by atoms with Crippen LogP contribution in [0.5, 0.6) is 0 Å². The van der Waals surface area contributed by atoms with E-state index in [-0.39, 0.29) is 17.4 Å². The van der Waals surface area contributed by atoms with Gasteiger partial charge in [-0.3, -0.25) is 14.2 Å². The molecule has 3 heterocycles. The molecule has 1 aromatic rings. The van der Waals surface area contributed by atoms with Crippen LogP contribution in [0.2, 0.25) is 0 Å². The van der Waals surface area contributed by atoms with Crippen molar-refractivity contribution >= 4 is 11.9 Å². The summed E-state index contributed by atoms with van der Waals surface area (Å²) >= 11 is 0. The normalized spacial score (nSPS) is 20.5. The van der Waals surface area contributed by atoms with Crippen LogP contribution in [0.1, 0.15) is 29.9 Å². The van der Waals surface area contributed by atoms with Gasteiger partial charge in [0.1, 0.15) is 5.82 Å². The average Bonchev–Trinajstić information content (AvgIpc) is 2.96. The zero-order chi connectivity index (χ0) is 16.7. The SMILES string of the molecule is Cc1nc2c(c(=O)n1C)CN(C(=O)[C@@H]1CCCN(C(N)=O)C1)C2. The van der Waals surface area contributed by atoms with E-state index in [1.807, 2.05) is 0 Å². The summed E-state index contributed by atoms with van der Waals surface area (Å²) in [5.74, 6) is 0.352. The first-order valence-corrected chi connectivity index (χ1v) is 7.77. The number of amides is 3. The predicted octanol–water partition coefficient (Wildman–Crippen LogP) is -0.278. The van der Waals surface area contributed by atoms with Gasteiger partial charge < -0.3 is 15.5 Å². The van der Waals surface area contributed by atoms with Gasteiger partial charge in [0.05, 0.1) is 30.3 Å². The third-order valence-electron chi connectivity index (χ3n) is 4.78. The lowest BCUT2D eigenvalue weighted by atomic mass is 9.97. The Labute approximate surface area is 133 Å². The molecular formula is C15H21N5O3. The minimum absolute atomic E-state index is 0.0337. The molecule has 0 saturated carbocycles. The largest absolute Gasteiger partial charge is 0.351 e. The number of hydrogen-bond donors (Lipinski definition) is 1. The molecule has 0 unspecified atom stereocenters. The van der Waals surface area contributed by atoms with Crippen LogP contribution in [-0.2, 0) is 24.9 Å². The van der Waals surface area contributed by atoms with Crippen molar-refractivity contribution in [2.45, 2.75) is 32.9 Å². The van der Waals surface area contributed by atoms with Crippen molar-refractivity contribution < 1.29 is 9.59 Å². The van der Waals surface area contributed by atoms with Crippen LogP contribution in [0, 0.1) is 12.8 Å². The van der Waals surface area contributed by atoms with Gasteiger partial charge >= 0.3 is 6.03 Å². The second kappa shape index (κ2) is 5.68. The lowest BCUT2D eigenvalue weighted by Gasteiger charge is -2.32. The number of aromatic nitrogens is 2. The zero-order valence-corrected chi connectivity index (χ0v) is 13.4. The highest BCUT2D eigenvalue weighted by atomic mass is 16.2. The van der Waals surface area contributed by atoms with Crippen LogP contribution in [0.3, 0.4) is 0 Å². The Bertz CT molecular complexity index is 727. The quantitative estimate of drug-likeness (QED) is 0.769. The number of rotatable bonds is 1. The fourth-order valence-corrected chi connectivity index (χ4v) is 3.32. The Kier molecular flexibility index (Phi) is 3.83. The number of fused-ring (bicyclic) bond motifs is 1. The van der Waals surface area contributed by atoms with Crippen LogP contribution in [0.4, 0.5) is 4.79 Å². The van der Waals surface area contributed by atoms with Crippen molar-refractivity contribution in [2.24, 2.45) is 18.7 Å². The second-order valence-electron chi connectivity index (χ2n) is 6.27. The van der Waals surface area contributed by atoms with E-state index in [1.165, 1.54) is 9.47 Å². The summed E-state index contributed by atoms with van der Waals surface area (Å²) in [6, 6.07) is -0.488. The van der Waals surface area contributed by atoms with E-state index in [0.29, 0.717) is 43.3 Å². The van der Waals surface area contributed by atoms with E-state index in [9.17, 15) is 14.4 Å². The predicted molar refractivity (Wildman–Crippen MR) is 82.3 cm³/mol. The van der Waals surface area contributed by atoms with E-state index in [4.69, 9.17) is 5.73 Å². The molecule has 8 heteroatoms. The Hall–Kier alpha value is -2.38. The van der Waals surface area contributed by atoms with Gasteiger partial charge in [0.2, 0.25) is 5.91 Å². The highest BCUT2D eigenvalue weighted by Gasteiger charge is 2.34. The first-order valence-electron chi connectivity index (χ1n) is 7.77. The van der Waals surface area contributed by atoms with Crippen molar-refractivity contribution in [3.8, 4) is 0 Å². The molecule has 0 aromatic carbocycles. The van der Waals surface area contributed by atoms with Gasteiger partial charge in [-0.1, -0.05) is 0 Å². The molecular weight excluding hydrogens is 298 g/mol. The monoisotopic (exact) mass is 319 g/mol. The first-order chi connectivity index (χ1) is 10.9. The molecule has 2 aliphatic rings. The molecule has 1 atom stereocenters. The van der Waals surface area contributed by atoms with Gasteiger partial charge in [-0.05, 0) is 19.8 Å².